The summed E-state index contributed by atoms with van der Waals surface area (Å²) in [5.74, 6) is 1.39. The molecular formula is C25H20FN3O3S. The molecule has 0 amide bonds. The van der Waals surface area contributed by atoms with Gasteiger partial charge in [-0.1, -0.05) is 54.2 Å². The zero-order chi connectivity index (χ0) is 22.6. The van der Waals surface area contributed by atoms with Crippen molar-refractivity contribution in [1.29, 1.82) is 0 Å². The van der Waals surface area contributed by atoms with Gasteiger partial charge in [-0.15, -0.1) is 10.2 Å². The number of carbonyl (C=O) groups excluding carboxylic acids is 1. The second-order valence-corrected chi connectivity index (χ2v) is 8.40. The second kappa shape index (κ2) is 9.46. The number of fused-ring (bicyclic) bond motifs is 1. The summed E-state index contributed by atoms with van der Waals surface area (Å²) >= 11 is 1.29. The number of hydrogen-bond donors (Lipinski definition) is 0. The number of aromatic nitrogens is 3. The molecule has 6 nitrogen and oxygen atoms in total. The molecule has 1 aromatic heterocycles. The molecular weight excluding hydrogens is 441 g/mol. The molecule has 0 saturated heterocycles. The van der Waals surface area contributed by atoms with Gasteiger partial charge < -0.3 is 14.0 Å². The van der Waals surface area contributed by atoms with Gasteiger partial charge >= 0.3 is 0 Å². The number of ketones is 1. The Morgan fingerprint density at radius 3 is 2.61 bits per heavy atom. The predicted octanol–water partition coefficient (Wildman–Crippen LogP) is 5.03. The highest BCUT2D eigenvalue weighted by Crippen LogP contribution is 2.33. The fourth-order valence-electron chi connectivity index (χ4n) is 3.61. The normalized spacial score (nSPS) is 12.2. The molecule has 0 bridgehead atoms. The van der Waals surface area contributed by atoms with Crippen LogP contribution >= 0.6 is 11.8 Å². The maximum Gasteiger partial charge on any atom is 0.231 e. The highest BCUT2D eigenvalue weighted by molar-refractivity contribution is 7.99. The van der Waals surface area contributed by atoms with Crippen molar-refractivity contribution in [3.63, 3.8) is 0 Å². The van der Waals surface area contributed by atoms with Gasteiger partial charge in [0, 0.05) is 12.1 Å². The van der Waals surface area contributed by atoms with Crippen LogP contribution in [0.3, 0.4) is 0 Å². The summed E-state index contributed by atoms with van der Waals surface area (Å²) in [5, 5.41) is 9.11. The largest absolute Gasteiger partial charge is 0.454 e. The fraction of sp³-hybridized carbons (Fsp3) is 0.160. The van der Waals surface area contributed by atoms with Crippen LogP contribution in [0.15, 0.2) is 78.0 Å². The molecule has 0 spiro atoms. The summed E-state index contributed by atoms with van der Waals surface area (Å²) in [6.07, 6.45) is 0.726. The molecule has 3 aromatic carbocycles. The Hall–Kier alpha value is -3.65. The lowest BCUT2D eigenvalue weighted by molar-refractivity contribution is 0.102. The van der Waals surface area contributed by atoms with Crippen molar-refractivity contribution >= 4 is 17.5 Å². The van der Waals surface area contributed by atoms with E-state index in [0.29, 0.717) is 40.2 Å². The third-order valence-corrected chi connectivity index (χ3v) is 6.29. The highest BCUT2D eigenvalue weighted by Gasteiger charge is 2.20. The molecule has 33 heavy (non-hydrogen) atoms. The first-order valence-electron chi connectivity index (χ1n) is 10.5. The molecule has 4 aromatic rings. The first-order chi connectivity index (χ1) is 16.2. The molecule has 1 aliphatic heterocycles. The molecule has 1 aliphatic rings. The second-order valence-electron chi connectivity index (χ2n) is 7.45. The lowest BCUT2D eigenvalue weighted by atomic mass is 10.1. The number of thioether (sulfide) groups is 1. The standard InChI is InChI=1S/C25H20FN3O3S/c26-20-9-5-4-8-19(20)24-27-28-25(29(24)13-12-17-6-2-1-3-7-17)33-15-21(30)18-10-11-22-23(14-18)32-16-31-22/h1-11,14H,12-13,15-16H2. The third-order valence-electron chi connectivity index (χ3n) is 5.33. The van der Waals surface area contributed by atoms with Gasteiger partial charge in [-0.05, 0) is 42.3 Å². The summed E-state index contributed by atoms with van der Waals surface area (Å²) < 4.78 is 27.1. The van der Waals surface area contributed by atoms with Gasteiger partial charge in [-0.2, -0.15) is 0 Å². The maximum absolute atomic E-state index is 14.5. The number of aryl methyl sites for hydroxylation is 1. The van der Waals surface area contributed by atoms with Crippen molar-refractivity contribution in [2.75, 3.05) is 12.5 Å². The first-order valence-corrected chi connectivity index (χ1v) is 11.5. The number of rotatable bonds is 8. The Balaban J connectivity index is 1.38. The number of Topliss-reactive ketones (excluding diaryl/α,β-unsaturated/α-hetero) is 1. The van der Waals surface area contributed by atoms with E-state index in [4.69, 9.17) is 9.47 Å². The zero-order valence-electron chi connectivity index (χ0n) is 17.6. The summed E-state index contributed by atoms with van der Waals surface area (Å²) in [6.45, 7) is 0.715. The average molecular weight is 462 g/mol. The minimum atomic E-state index is -0.362. The highest BCUT2D eigenvalue weighted by atomic mass is 32.2. The van der Waals surface area contributed by atoms with Crippen LogP contribution in [0.4, 0.5) is 4.39 Å². The first kappa shape index (κ1) is 21.2. The minimum absolute atomic E-state index is 0.0663. The summed E-state index contributed by atoms with van der Waals surface area (Å²) in [6, 6.07) is 21.7. The van der Waals surface area contributed by atoms with E-state index in [1.807, 2.05) is 34.9 Å². The summed E-state index contributed by atoms with van der Waals surface area (Å²) in [5.41, 5.74) is 2.07. The Morgan fingerprint density at radius 2 is 1.76 bits per heavy atom. The average Bonchev–Trinajstić information content (AvgIpc) is 3.48. The van der Waals surface area contributed by atoms with Gasteiger partial charge in [-0.25, -0.2) is 4.39 Å². The van der Waals surface area contributed by atoms with E-state index in [2.05, 4.69) is 10.2 Å². The van der Waals surface area contributed by atoms with Gasteiger partial charge in [0.15, 0.2) is 28.3 Å². The van der Waals surface area contributed by atoms with Gasteiger partial charge in [0.1, 0.15) is 5.82 Å². The van der Waals surface area contributed by atoms with E-state index in [0.717, 1.165) is 12.0 Å². The molecule has 166 valence electrons. The van der Waals surface area contributed by atoms with E-state index >= 15 is 0 Å². The fourth-order valence-corrected chi connectivity index (χ4v) is 4.47. The van der Waals surface area contributed by atoms with Crippen LogP contribution in [0.25, 0.3) is 11.4 Å². The van der Waals surface area contributed by atoms with Crippen molar-refractivity contribution in [3.05, 3.63) is 89.7 Å². The smallest absolute Gasteiger partial charge is 0.231 e. The quantitative estimate of drug-likeness (QED) is 0.271. The molecule has 0 saturated carbocycles. The molecule has 0 aliphatic carbocycles. The molecule has 0 radical (unpaired) electrons. The minimum Gasteiger partial charge on any atom is -0.454 e. The Bertz CT molecular complexity index is 1290. The van der Waals surface area contributed by atoms with Gasteiger partial charge in [0.25, 0.3) is 0 Å². The SMILES string of the molecule is O=C(CSc1nnc(-c2ccccc2F)n1CCc1ccccc1)c1ccc2c(c1)OCO2. The number of ether oxygens (including phenoxy) is 2. The van der Waals surface area contributed by atoms with Gasteiger partial charge in [0.2, 0.25) is 6.79 Å². The van der Waals surface area contributed by atoms with Gasteiger partial charge in [0.05, 0.1) is 11.3 Å². The predicted molar refractivity (Wildman–Crippen MR) is 123 cm³/mol. The van der Waals surface area contributed by atoms with Gasteiger partial charge in [-0.3, -0.25) is 4.79 Å². The Morgan fingerprint density at radius 1 is 0.970 bits per heavy atom. The zero-order valence-corrected chi connectivity index (χ0v) is 18.4. The van der Waals surface area contributed by atoms with Crippen LogP contribution in [-0.4, -0.2) is 33.1 Å². The summed E-state index contributed by atoms with van der Waals surface area (Å²) in [4.78, 5) is 12.8. The van der Waals surface area contributed by atoms with Crippen molar-refractivity contribution < 1.29 is 18.7 Å². The molecule has 2 heterocycles. The Kier molecular flexibility index (Phi) is 6.08. The van der Waals surface area contributed by atoms with Crippen molar-refractivity contribution in [2.24, 2.45) is 0 Å². The van der Waals surface area contributed by atoms with E-state index in [-0.39, 0.29) is 24.1 Å². The van der Waals surface area contributed by atoms with E-state index < -0.39 is 0 Å². The number of halogens is 1. The molecule has 0 atom stereocenters. The number of benzene rings is 3. The van der Waals surface area contributed by atoms with Crippen LogP contribution in [0.1, 0.15) is 15.9 Å². The van der Waals surface area contributed by atoms with Crippen LogP contribution < -0.4 is 9.47 Å². The van der Waals surface area contributed by atoms with Crippen LogP contribution in [0.2, 0.25) is 0 Å². The number of hydrogen-bond acceptors (Lipinski definition) is 6. The molecule has 0 unspecified atom stereocenters. The number of carbonyl (C=O) groups is 1. The number of nitrogens with zero attached hydrogens (tertiary/aromatic N) is 3. The Labute approximate surface area is 194 Å². The van der Waals surface area contributed by atoms with Crippen LogP contribution in [0, 0.1) is 5.82 Å². The maximum atomic E-state index is 14.5. The van der Waals surface area contributed by atoms with Crippen LogP contribution in [0.5, 0.6) is 11.5 Å². The lowest BCUT2D eigenvalue weighted by Crippen LogP contribution is -2.08. The monoisotopic (exact) mass is 461 g/mol. The third kappa shape index (κ3) is 4.61. The molecule has 5 rings (SSSR count). The van der Waals surface area contributed by atoms with E-state index in [1.54, 1.807) is 36.4 Å². The van der Waals surface area contributed by atoms with E-state index in [1.165, 1.54) is 17.8 Å². The summed E-state index contributed by atoms with van der Waals surface area (Å²) in [7, 11) is 0. The molecule has 8 heteroatoms. The molecule has 0 fully saturated rings. The lowest BCUT2D eigenvalue weighted by Gasteiger charge is -2.11. The molecule has 0 N–H and O–H groups in total. The van der Waals surface area contributed by atoms with Crippen molar-refractivity contribution in [2.45, 2.75) is 18.1 Å². The van der Waals surface area contributed by atoms with Crippen molar-refractivity contribution in [1.82, 2.24) is 14.8 Å². The topological polar surface area (TPSA) is 66.2 Å². The van der Waals surface area contributed by atoms with Crippen molar-refractivity contribution in [3.8, 4) is 22.9 Å². The van der Waals surface area contributed by atoms with E-state index in [9.17, 15) is 9.18 Å². The van der Waals surface area contributed by atoms with Crippen LogP contribution in [-0.2, 0) is 13.0 Å².